The first-order valence-electron chi connectivity index (χ1n) is 10.5. The van der Waals surface area contributed by atoms with Gasteiger partial charge in [0, 0.05) is 51.0 Å². The zero-order chi connectivity index (χ0) is 20.6. The van der Waals surface area contributed by atoms with Crippen LogP contribution in [0, 0.1) is 6.92 Å². The molecule has 1 aliphatic rings. The Morgan fingerprint density at radius 2 is 2.14 bits per heavy atom. The molecule has 29 heavy (non-hydrogen) atoms. The molecule has 1 aromatic heterocycles. The summed E-state index contributed by atoms with van der Waals surface area (Å²) in [6, 6.07) is 8.77. The molecule has 0 spiro atoms. The van der Waals surface area contributed by atoms with E-state index in [1.807, 2.05) is 31.1 Å². The molecule has 7 nitrogen and oxygen atoms in total. The molecule has 1 aliphatic heterocycles. The quantitative estimate of drug-likeness (QED) is 0.556. The number of hydrogen-bond acceptors (Lipinski definition) is 3. The minimum Gasteiger partial charge on any atom is -0.357 e. The van der Waals surface area contributed by atoms with Crippen molar-refractivity contribution < 1.29 is 4.79 Å². The molecular formula is C22H32N6O. The number of rotatable bonds is 7. The summed E-state index contributed by atoms with van der Waals surface area (Å²) >= 11 is 0. The van der Waals surface area contributed by atoms with Crippen LogP contribution in [0.1, 0.15) is 43.6 Å². The molecule has 3 rings (SSSR count). The molecule has 1 aromatic carbocycles. The molecular weight excluding hydrogens is 364 g/mol. The highest BCUT2D eigenvalue weighted by Gasteiger charge is 2.25. The van der Waals surface area contributed by atoms with Gasteiger partial charge in [-0.25, -0.2) is 9.98 Å². The molecule has 0 saturated carbocycles. The smallest absolute Gasteiger partial charge is 0.222 e. The van der Waals surface area contributed by atoms with E-state index >= 15 is 0 Å². The zero-order valence-corrected chi connectivity index (χ0v) is 17.7. The SMILES string of the molecule is CCNC(=NCc1cccc(Cn2ccnc2C)c1)NC1CCN(C(=O)CC)C1. The summed E-state index contributed by atoms with van der Waals surface area (Å²) < 4.78 is 2.14. The number of benzene rings is 1. The molecule has 1 amide bonds. The molecule has 7 heteroatoms. The van der Waals surface area contributed by atoms with Crippen molar-refractivity contribution in [1.29, 1.82) is 0 Å². The van der Waals surface area contributed by atoms with Crippen LogP contribution >= 0.6 is 0 Å². The number of carbonyl (C=O) groups excluding carboxylic acids is 1. The normalized spacial score (nSPS) is 16.9. The van der Waals surface area contributed by atoms with Crippen molar-refractivity contribution in [3.63, 3.8) is 0 Å². The van der Waals surface area contributed by atoms with Gasteiger partial charge in [0.05, 0.1) is 6.54 Å². The Morgan fingerprint density at radius 3 is 2.86 bits per heavy atom. The van der Waals surface area contributed by atoms with E-state index in [1.54, 1.807) is 0 Å². The van der Waals surface area contributed by atoms with Gasteiger partial charge in [-0.1, -0.05) is 31.2 Å². The van der Waals surface area contributed by atoms with Crippen molar-refractivity contribution in [3.8, 4) is 0 Å². The molecule has 1 saturated heterocycles. The van der Waals surface area contributed by atoms with Gasteiger partial charge in [0.25, 0.3) is 0 Å². The first-order valence-corrected chi connectivity index (χ1v) is 10.5. The number of aryl methyl sites for hydroxylation is 1. The van der Waals surface area contributed by atoms with E-state index in [1.165, 1.54) is 11.1 Å². The molecule has 2 heterocycles. The third kappa shape index (κ3) is 5.82. The van der Waals surface area contributed by atoms with E-state index < -0.39 is 0 Å². The van der Waals surface area contributed by atoms with Crippen LogP contribution < -0.4 is 10.6 Å². The molecule has 156 valence electrons. The highest BCUT2D eigenvalue weighted by molar-refractivity contribution is 5.80. The second kappa shape index (κ2) is 10.1. The number of aromatic nitrogens is 2. The summed E-state index contributed by atoms with van der Waals surface area (Å²) in [6.07, 6.45) is 5.35. The van der Waals surface area contributed by atoms with Gasteiger partial charge >= 0.3 is 0 Å². The number of nitrogens with zero attached hydrogens (tertiary/aromatic N) is 4. The Morgan fingerprint density at radius 1 is 1.31 bits per heavy atom. The molecule has 1 fully saturated rings. The summed E-state index contributed by atoms with van der Waals surface area (Å²) in [4.78, 5) is 22.9. The van der Waals surface area contributed by atoms with Crippen LogP contribution in [0.4, 0.5) is 0 Å². The maximum Gasteiger partial charge on any atom is 0.222 e. The summed E-state index contributed by atoms with van der Waals surface area (Å²) in [5.41, 5.74) is 2.41. The Balaban J connectivity index is 1.61. The van der Waals surface area contributed by atoms with E-state index in [2.05, 4.69) is 51.4 Å². The van der Waals surface area contributed by atoms with Crippen LogP contribution in [0.15, 0.2) is 41.7 Å². The van der Waals surface area contributed by atoms with E-state index in [0.29, 0.717) is 13.0 Å². The fourth-order valence-electron chi connectivity index (χ4n) is 3.61. The standard InChI is InChI=1S/C22H32N6O/c1-4-21(29)28-11-9-20(16-28)26-22(23-5-2)25-14-18-7-6-8-19(13-18)15-27-12-10-24-17(27)3/h6-8,10,12-13,20H,4-5,9,11,14-16H2,1-3H3,(H2,23,25,26). The molecule has 0 aliphatic carbocycles. The van der Waals surface area contributed by atoms with Crippen LogP contribution in [0.5, 0.6) is 0 Å². The second-order valence-corrected chi connectivity index (χ2v) is 7.44. The number of carbonyl (C=O) groups is 1. The van der Waals surface area contributed by atoms with E-state index in [0.717, 1.165) is 44.4 Å². The van der Waals surface area contributed by atoms with Gasteiger partial charge in [0.15, 0.2) is 5.96 Å². The van der Waals surface area contributed by atoms with Crippen molar-refractivity contribution in [1.82, 2.24) is 25.1 Å². The van der Waals surface area contributed by atoms with Gasteiger partial charge in [-0.3, -0.25) is 4.79 Å². The fourth-order valence-corrected chi connectivity index (χ4v) is 3.61. The number of hydrogen-bond donors (Lipinski definition) is 2. The van der Waals surface area contributed by atoms with Crippen molar-refractivity contribution in [3.05, 3.63) is 53.6 Å². The lowest BCUT2D eigenvalue weighted by atomic mass is 10.1. The van der Waals surface area contributed by atoms with Crippen molar-refractivity contribution >= 4 is 11.9 Å². The maximum atomic E-state index is 11.9. The van der Waals surface area contributed by atoms with Crippen LogP contribution in [0.25, 0.3) is 0 Å². The number of amides is 1. The van der Waals surface area contributed by atoms with Crippen molar-refractivity contribution in [2.45, 2.75) is 52.7 Å². The van der Waals surface area contributed by atoms with Gasteiger partial charge in [-0.2, -0.15) is 0 Å². The average molecular weight is 397 g/mol. The first kappa shape index (κ1) is 20.9. The molecule has 2 aromatic rings. The second-order valence-electron chi connectivity index (χ2n) is 7.44. The zero-order valence-electron chi connectivity index (χ0n) is 17.7. The average Bonchev–Trinajstić information content (AvgIpc) is 3.35. The summed E-state index contributed by atoms with van der Waals surface area (Å²) in [7, 11) is 0. The molecule has 2 N–H and O–H groups in total. The third-order valence-corrected chi connectivity index (χ3v) is 5.22. The van der Waals surface area contributed by atoms with Gasteiger partial charge in [0.2, 0.25) is 5.91 Å². The first-order chi connectivity index (χ1) is 14.1. The topological polar surface area (TPSA) is 74.6 Å². The monoisotopic (exact) mass is 396 g/mol. The summed E-state index contributed by atoms with van der Waals surface area (Å²) in [5, 5.41) is 6.81. The fraction of sp³-hybridized carbons (Fsp3) is 0.500. The van der Waals surface area contributed by atoms with Crippen molar-refractivity contribution in [2.75, 3.05) is 19.6 Å². The summed E-state index contributed by atoms with van der Waals surface area (Å²) in [5.74, 6) is 2.04. The lowest BCUT2D eigenvalue weighted by Gasteiger charge is -2.18. The number of aliphatic imine (C=N–C) groups is 1. The Kier molecular flexibility index (Phi) is 7.27. The number of imidazole rings is 1. The number of nitrogens with one attached hydrogen (secondary N) is 2. The molecule has 1 atom stereocenters. The van der Waals surface area contributed by atoms with Crippen LogP contribution in [0.3, 0.4) is 0 Å². The molecule has 0 bridgehead atoms. The van der Waals surface area contributed by atoms with Crippen LogP contribution in [0.2, 0.25) is 0 Å². The molecule has 1 unspecified atom stereocenters. The highest BCUT2D eigenvalue weighted by atomic mass is 16.2. The highest BCUT2D eigenvalue weighted by Crippen LogP contribution is 2.12. The van der Waals surface area contributed by atoms with Crippen LogP contribution in [-0.4, -0.2) is 52.0 Å². The van der Waals surface area contributed by atoms with E-state index in [4.69, 9.17) is 4.99 Å². The predicted molar refractivity (Wildman–Crippen MR) is 116 cm³/mol. The Labute approximate surface area is 173 Å². The minimum absolute atomic E-state index is 0.223. The minimum atomic E-state index is 0.223. The number of guanidine groups is 1. The Hall–Kier alpha value is -2.83. The largest absolute Gasteiger partial charge is 0.357 e. The lowest BCUT2D eigenvalue weighted by molar-refractivity contribution is -0.129. The Bertz CT molecular complexity index is 843. The maximum absolute atomic E-state index is 11.9. The van der Waals surface area contributed by atoms with Gasteiger partial charge < -0.3 is 20.1 Å². The van der Waals surface area contributed by atoms with Crippen molar-refractivity contribution in [2.24, 2.45) is 4.99 Å². The predicted octanol–water partition coefficient (Wildman–Crippen LogP) is 2.31. The summed E-state index contributed by atoms with van der Waals surface area (Å²) in [6.45, 7) is 9.78. The van der Waals surface area contributed by atoms with E-state index in [-0.39, 0.29) is 11.9 Å². The van der Waals surface area contributed by atoms with Crippen LogP contribution in [-0.2, 0) is 17.9 Å². The van der Waals surface area contributed by atoms with E-state index in [9.17, 15) is 4.79 Å². The van der Waals surface area contributed by atoms with Gasteiger partial charge in [-0.05, 0) is 31.4 Å². The molecule has 0 radical (unpaired) electrons. The third-order valence-electron chi connectivity index (χ3n) is 5.22. The number of likely N-dealkylation sites (tertiary alicyclic amines) is 1. The van der Waals surface area contributed by atoms with Gasteiger partial charge in [-0.15, -0.1) is 0 Å². The lowest BCUT2D eigenvalue weighted by Crippen LogP contribution is -2.45. The van der Waals surface area contributed by atoms with Gasteiger partial charge in [0.1, 0.15) is 5.82 Å².